The summed E-state index contributed by atoms with van der Waals surface area (Å²) in [5.74, 6) is 0.302. The molecule has 0 unspecified atom stereocenters. The van der Waals surface area contributed by atoms with Crippen molar-refractivity contribution >= 4 is 0 Å². The van der Waals surface area contributed by atoms with Gasteiger partial charge in [-0.1, -0.05) is 48.4 Å². The molecule has 0 saturated heterocycles. The molecule has 5 nitrogen and oxygen atoms in total. The Morgan fingerprint density at radius 3 is 2.33 bits per heavy atom. The molecule has 0 saturated carbocycles. The van der Waals surface area contributed by atoms with Crippen LogP contribution in [-0.4, -0.2) is 13.9 Å². The first kappa shape index (κ1) is 13.8. The Hall–Kier alpha value is -2.56. The Morgan fingerprint density at radius 2 is 1.62 bits per heavy atom. The quantitative estimate of drug-likeness (QED) is 0.758. The smallest absolute Gasteiger partial charge is 0.245 e. The SMILES string of the molecule is CC1=C(C)[C@@]2(C)[C@H]1[C@@H]1C=C[C@@H]2n2c(=O)n(-c3ccccc3)c(=O)n21. The molecule has 0 fully saturated rings. The van der Waals surface area contributed by atoms with Crippen LogP contribution in [0.2, 0.25) is 0 Å². The van der Waals surface area contributed by atoms with Crippen molar-refractivity contribution in [3.63, 3.8) is 0 Å². The summed E-state index contributed by atoms with van der Waals surface area (Å²) in [5.41, 5.74) is 2.77. The molecule has 5 heteroatoms. The van der Waals surface area contributed by atoms with Gasteiger partial charge in [0.1, 0.15) is 0 Å². The highest BCUT2D eigenvalue weighted by atomic mass is 16.2. The highest BCUT2D eigenvalue weighted by molar-refractivity contribution is 5.44. The topological polar surface area (TPSA) is 48.9 Å². The van der Waals surface area contributed by atoms with Gasteiger partial charge in [0, 0.05) is 11.3 Å². The van der Waals surface area contributed by atoms with E-state index in [1.807, 2.05) is 18.2 Å². The van der Waals surface area contributed by atoms with Crippen LogP contribution >= 0.6 is 0 Å². The van der Waals surface area contributed by atoms with Crippen LogP contribution in [0.3, 0.4) is 0 Å². The third-order valence-corrected chi connectivity index (χ3v) is 6.53. The van der Waals surface area contributed by atoms with E-state index in [0.717, 1.165) is 0 Å². The van der Waals surface area contributed by atoms with Crippen molar-refractivity contribution < 1.29 is 0 Å². The van der Waals surface area contributed by atoms with E-state index in [2.05, 4.69) is 32.9 Å². The maximum atomic E-state index is 13.1. The second-order valence-corrected chi connectivity index (χ2v) is 7.31. The number of para-hydroxylation sites is 1. The summed E-state index contributed by atoms with van der Waals surface area (Å²) in [7, 11) is 0. The van der Waals surface area contributed by atoms with Crippen LogP contribution in [0.15, 0.2) is 63.2 Å². The molecular formula is C19H19N3O2. The third-order valence-electron chi connectivity index (χ3n) is 6.53. The van der Waals surface area contributed by atoms with Crippen LogP contribution in [-0.2, 0) is 0 Å². The van der Waals surface area contributed by atoms with E-state index < -0.39 is 0 Å². The van der Waals surface area contributed by atoms with Crippen LogP contribution in [0, 0.1) is 11.3 Å². The Bertz CT molecular complexity index is 1050. The van der Waals surface area contributed by atoms with E-state index in [4.69, 9.17) is 0 Å². The molecule has 2 aliphatic carbocycles. The second-order valence-electron chi connectivity index (χ2n) is 7.31. The number of nitrogens with zero attached hydrogens (tertiary/aromatic N) is 3. The van der Waals surface area contributed by atoms with Crippen molar-refractivity contribution in [1.29, 1.82) is 0 Å². The van der Waals surface area contributed by atoms with Crippen molar-refractivity contribution in [2.24, 2.45) is 11.3 Å². The predicted molar refractivity (Wildman–Crippen MR) is 91.5 cm³/mol. The number of hydrogen-bond donors (Lipinski definition) is 0. The van der Waals surface area contributed by atoms with Gasteiger partial charge < -0.3 is 0 Å². The van der Waals surface area contributed by atoms with Crippen molar-refractivity contribution in [3.05, 3.63) is 74.6 Å². The molecule has 122 valence electrons. The molecule has 0 radical (unpaired) electrons. The molecule has 1 aromatic heterocycles. The summed E-state index contributed by atoms with van der Waals surface area (Å²) >= 11 is 0. The third kappa shape index (κ3) is 1.26. The lowest BCUT2D eigenvalue weighted by molar-refractivity contribution is 0.0303. The molecule has 2 aliphatic heterocycles. The fourth-order valence-electron chi connectivity index (χ4n) is 5.16. The largest absolute Gasteiger partial charge is 0.352 e. The first-order chi connectivity index (χ1) is 11.5. The van der Waals surface area contributed by atoms with Gasteiger partial charge in [0.15, 0.2) is 0 Å². The van der Waals surface area contributed by atoms with Gasteiger partial charge in [-0.25, -0.2) is 23.5 Å². The monoisotopic (exact) mass is 321 g/mol. The number of rotatable bonds is 1. The molecule has 4 aliphatic rings. The van der Waals surface area contributed by atoms with Crippen LogP contribution in [0.4, 0.5) is 0 Å². The summed E-state index contributed by atoms with van der Waals surface area (Å²) in [4.78, 5) is 26.1. The minimum Gasteiger partial charge on any atom is -0.245 e. The van der Waals surface area contributed by atoms with Crippen molar-refractivity contribution in [2.75, 3.05) is 0 Å². The summed E-state index contributed by atoms with van der Waals surface area (Å²) in [6.07, 6.45) is 4.20. The highest BCUT2D eigenvalue weighted by Gasteiger charge is 2.61. The molecule has 0 spiro atoms. The first-order valence-electron chi connectivity index (χ1n) is 8.35. The average molecular weight is 321 g/mol. The van der Waals surface area contributed by atoms with E-state index in [1.54, 1.807) is 21.5 Å². The van der Waals surface area contributed by atoms with Gasteiger partial charge in [0.05, 0.1) is 17.8 Å². The zero-order chi connectivity index (χ0) is 16.8. The summed E-state index contributed by atoms with van der Waals surface area (Å²) in [6, 6.07) is 9.00. The molecule has 4 atom stereocenters. The molecule has 24 heavy (non-hydrogen) atoms. The minimum absolute atomic E-state index is 0.0668. The molecule has 3 heterocycles. The summed E-state index contributed by atoms with van der Waals surface area (Å²) in [6.45, 7) is 6.53. The van der Waals surface area contributed by atoms with Crippen molar-refractivity contribution in [3.8, 4) is 5.69 Å². The predicted octanol–water partition coefficient (Wildman–Crippen LogP) is 2.44. The highest BCUT2D eigenvalue weighted by Crippen LogP contribution is 2.65. The van der Waals surface area contributed by atoms with E-state index in [0.29, 0.717) is 11.6 Å². The molecular weight excluding hydrogens is 302 g/mol. The number of hydrogen-bond acceptors (Lipinski definition) is 2. The maximum absolute atomic E-state index is 13.1. The van der Waals surface area contributed by atoms with Crippen molar-refractivity contribution in [2.45, 2.75) is 32.9 Å². The van der Waals surface area contributed by atoms with Gasteiger partial charge in [-0.2, -0.15) is 0 Å². The van der Waals surface area contributed by atoms with E-state index in [9.17, 15) is 9.59 Å². The molecule has 2 bridgehead atoms. The Labute approximate surface area is 139 Å². The fourth-order valence-corrected chi connectivity index (χ4v) is 5.16. The van der Waals surface area contributed by atoms with Gasteiger partial charge in [0.2, 0.25) is 0 Å². The van der Waals surface area contributed by atoms with Crippen LogP contribution in [0.1, 0.15) is 32.9 Å². The summed E-state index contributed by atoms with van der Waals surface area (Å²) in [5, 5.41) is 0. The normalized spacial score (nSPS) is 32.5. The first-order valence-corrected chi connectivity index (χ1v) is 8.35. The zero-order valence-corrected chi connectivity index (χ0v) is 13.9. The molecule has 2 aromatic rings. The van der Waals surface area contributed by atoms with E-state index in [-0.39, 0.29) is 28.9 Å². The number of allylic oxidation sites excluding steroid dienone is 4. The second kappa shape index (κ2) is 4.09. The molecule has 1 aromatic carbocycles. The Kier molecular flexibility index (Phi) is 2.36. The minimum atomic E-state index is -0.248. The van der Waals surface area contributed by atoms with Crippen molar-refractivity contribution in [1.82, 2.24) is 13.9 Å². The lowest BCUT2D eigenvalue weighted by Gasteiger charge is -2.60. The standard InChI is InChI=1S/C19H19N3O2/c1-11-12(2)19(3)15-10-9-14(16(11)19)21-17(23)20(18(24)22(15)21)13-7-5-4-6-8-13/h4-10,14-16H,1-3H3/t14-,15-,16+,19+/m0/s1. The lowest BCUT2D eigenvalue weighted by Crippen LogP contribution is -2.59. The van der Waals surface area contributed by atoms with Gasteiger partial charge in [0.25, 0.3) is 0 Å². The van der Waals surface area contributed by atoms with E-state index >= 15 is 0 Å². The number of benzene rings is 1. The lowest BCUT2D eigenvalue weighted by atomic mass is 9.49. The van der Waals surface area contributed by atoms with Gasteiger partial charge >= 0.3 is 11.4 Å². The van der Waals surface area contributed by atoms with Gasteiger partial charge in [-0.15, -0.1) is 0 Å². The van der Waals surface area contributed by atoms with Crippen LogP contribution in [0.5, 0.6) is 0 Å². The van der Waals surface area contributed by atoms with Gasteiger partial charge in [-0.3, -0.25) is 0 Å². The Morgan fingerprint density at radius 1 is 0.958 bits per heavy atom. The fraction of sp³-hybridized carbons (Fsp3) is 0.368. The molecule has 6 rings (SSSR count). The average Bonchev–Trinajstić information content (AvgIpc) is 2.88. The molecule has 0 amide bonds. The molecule has 0 N–H and O–H groups in total. The maximum Gasteiger partial charge on any atom is 0.352 e. The van der Waals surface area contributed by atoms with Gasteiger partial charge in [-0.05, 0) is 26.0 Å². The Balaban J connectivity index is 1.82. The summed E-state index contributed by atoms with van der Waals surface area (Å²) < 4.78 is 4.64. The zero-order valence-electron chi connectivity index (χ0n) is 13.9. The van der Waals surface area contributed by atoms with Crippen LogP contribution in [0.25, 0.3) is 5.69 Å². The van der Waals surface area contributed by atoms with Crippen LogP contribution < -0.4 is 11.4 Å². The van der Waals surface area contributed by atoms with E-state index in [1.165, 1.54) is 15.7 Å². The number of aromatic nitrogens is 3.